The van der Waals surface area contributed by atoms with E-state index in [4.69, 9.17) is 21.1 Å². The van der Waals surface area contributed by atoms with E-state index in [0.717, 1.165) is 48.3 Å². The number of nitrogens with zero attached hydrogens (tertiary/aromatic N) is 4. The van der Waals surface area contributed by atoms with Gasteiger partial charge in [-0.3, -0.25) is 4.79 Å². The van der Waals surface area contributed by atoms with Gasteiger partial charge >= 0.3 is 0 Å². The molecule has 1 atom stereocenters. The van der Waals surface area contributed by atoms with Crippen molar-refractivity contribution in [1.82, 2.24) is 24.6 Å². The molecule has 1 amide bonds. The number of carbonyl (C=O) groups is 1. The van der Waals surface area contributed by atoms with E-state index in [1.165, 1.54) is 0 Å². The lowest BCUT2D eigenvalue weighted by molar-refractivity contribution is 0.0684. The number of fused-ring (bicyclic) bond motifs is 2. The number of imidazole rings is 1. The number of amides is 1. The fraction of sp³-hybridized carbons (Fsp3) is 0.296. The Kier molecular flexibility index (Phi) is 6.21. The van der Waals surface area contributed by atoms with E-state index in [0.29, 0.717) is 42.0 Å². The Bertz CT molecular complexity index is 1400. The van der Waals surface area contributed by atoms with Gasteiger partial charge in [-0.1, -0.05) is 48.0 Å². The zero-order valence-electron chi connectivity index (χ0n) is 19.7. The third-order valence-corrected chi connectivity index (χ3v) is 7.12. The minimum Gasteiger partial charge on any atom is -0.487 e. The molecule has 0 unspecified atom stereocenters. The van der Waals surface area contributed by atoms with E-state index in [-0.39, 0.29) is 11.9 Å². The first kappa shape index (κ1) is 22.8. The fourth-order valence-electron chi connectivity index (χ4n) is 4.88. The molecule has 36 heavy (non-hydrogen) atoms. The molecule has 8 nitrogen and oxygen atoms in total. The average molecular weight is 504 g/mol. The minimum atomic E-state index is -0.327. The van der Waals surface area contributed by atoms with Crippen LogP contribution in [0.3, 0.4) is 0 Å². The summed E-state index contributed by atoms with van der Waals surface area (Å²) in [5, 5.41) is 8.18. The largest absolute Gasteiger partial charge is 0.487 e. The van der Waals surface area contributed by atoms with E-state index in [1.54, 1.807) is 17.2 Å². The topological polar surface area (TPSA) is 83.2 Å². The third kappa shape index (κ3) is 4.27. The zero-order valence-corrected chi connectivity index (χ0v) is 20.4. The van der Waals surface area contributed by atoms with Crippen molar-refractivity contribution < 1.29 is 14.3 Å². The molecule has 1 N–H and O–H groups in total. The summed E-state index contributed by atoms with van der Waals surface area (Å²) < 4.78 is 15.7. The van der Waals surface area contributed by atoms with Crippen LogP contribution in [0.2, 0.25) is 5.02 Å². The normalized spacial score (nSPS) is 16.8. The van der Waals surface area contributed by atoms with Crippen molar-refractivity contribution in [2.75, 3.05) is 6.61 Å². The first-order valence-electron chi connectivity index (χ1n) is 12.1. The van der Waals surface area contributed by atoms with Crippen LogP contribution < -0.4 is 10.1 Å². The van der Waals surface area contributed by atoms with Crippen LogP contribution in [0.1, 0.15) is 51.9 Å². The average Bonchev–Trinajstić information content (AvgIpc) is 3.54. The summed E-state index contributed by atoms with van der Waals surface area (Å²) in [5.74, 6) is 0.391. The van der Waals surface area contributed by atoms with Gasteiger partial charge in [0.15, 0.2) is 0 Å². The van der Waals surface area contributed by atoms with Crippen molar-refractivity contribution in [2.24, 2.45) is 0 Å². The lowest BCUT2D eigenvalue weighted by Crippen LogP contribution is -2.35. The number of nitrogens with one attached hydrogen (secondary N) is 1. The highest BCUT2D eigenvalue weighted by Gasteiger charge is 2.29. The number of rotatable bonds is 6. The molecule has 2 aliphatic rings. The van der Waals surface area contributed by atoms with E-state index in [2.05, 4.69) is 20.0 Å². The summed E-state index contributed by atoms with van der Waals surface area (Å²) in [6.45, 7) is 2.06. The highest BCUT2D eigenvalue weighted by molar-refractivity contribution is 6.33. The summed E-state index contributed by atoms with van der Waals surface area (Å²) in [5.41, 5.74) is 5.02. The molecule has 9 heteroatoms. The van der Waals surface area contributed by atoms with Gasteiger partial charge in [-0.05, 0) is 37.0 Å². The van der Waals surface area contributed by atoms with Gasteiger partial charge in [0, 0.05) is 12.1 Å². The van der Waals surface area contributed by atoms with Crippen LogP contribution in [-0.2, 0) is 30.9 Å². The van der Waals surface area contributed by atoms with Gasteiger partial charge in [-0.2, -0.15) is 5.10 Å². The number of hydrogen-bond donors (Lipinski definition) is 1. The third-order valence-electron chi connectivity index (χ3n) is 6.74. The van der Waals surface area contributed by atoms with Crippen molar-refractivity contribution in [3.63, 3.8) is 0 Å². The molecule has 2 aliphatic heterocycles. The molecule has 0 radical (unpaired) electrons. The van der Waals surface area contributed by atoms with E-state index < -0.39 is 0 Å². The van der Waals surface area contributed by atoms with Crippen LogP contribution in [0.4, 0.5) is 0 Å². The Balaban J connectivity index is 1.23. The molecular weight excluding hydrogens is 478 g/mol. The van der Waals surface area contributed by atoms with Gasteiger partial charge in [0.1, 0.15) is 23.1 Å². The second kappa shape index (κ2) is 9.79. The first-order chi connectivity index (χ1) is 17.7. The van der Waals surface area contributed by atoms with Gasteiger partial charge in [-0.15, -0.1) is 0 Å². The highest BCUT2D eigenvalue weighted by Crippen LogP contribution is 2.34. The molecule has 0 aliphatic carbocycles. The predicted molar refractivity (Wildman–Crippen MR) is 134 cm³/mol. The number of carbonyl (C=O) groups excluding carboxylic acids is 1. The molecule has 184 valence electrons. The summed E-state index contributed by atoms with van der Waals surface area (Å²) in [6, 6.07) is 15.2. The highest BCUT2D eigenvalue weighted by atomic mass is 35.5. The number of benzene rings is 2. The van der Waals surface area contributed by atoms with E-state index in [1.807, 2.05) is 48.5 Å². The quantitative estimate of drug-likeness (QED) is 0.414. The molecule has 0 saturated carbocycles. The lowest BCUT2D eigenvalue weighted by atomic mass is 10.0. The van der Waals surface area contributed by atoms with Gasteiger partial charge in [0.25, 0.3) is 5.91 Å². The molecule has 4 aromatic rings. The van der Waals surface area contributed by atoms with Gasteiger partial charge in [-0.25, -0.2) is 9.67 Å². The number of halogens is 1. The molecule has 0 saturated heterocycles. The van der Waals surface area contributed by atoms with Crippen LogP contribution >= 0.6 is 11.6 Å². The summed E-state index contributed by atoms with van der Waals surface area (Å²) >= 11 is 6.76. The predicted octanol–water partition coefficient (Wildman–Crippen LogP) is 4.64. The second-order valence-electron chi connectivity index (χ2n) is 9.05. The maximum absolute atomic E-state index is 13.1. The van der Waals surface area contributed by atoms with Crippen molar-refractivity contribution in [1.29, 1.82) is 0 Å². The van der Waals surface area contributed by atoms with Crippen LogP contribution in [0.15, 0.2) is 61.1 Å². The smallest absolute Gasteiger partial charge is 0.272 e. The summed E-state index contributed by atoms with van der Waals surface area (Å²) in [4.78, 5) is 17.5. The Labute approximate surface area is 213 Å². The SMILES string of the molecule is O=C(N[C@@H]1COCc2c1cnn2-c1cccc(OCc2ccccc2)c1Cl)c1ncn2c1CCCC2. The molecule has 2 aromatic carbocycles. The van der Waals surface area contributed by atoms with Crippen molar-refractivity contribution >= 4 is 17.5 Å². The molecule has 4 heterocycles. The number of aromatic nitrogens is 4. The molecule has 0 spiro atoms. The molecule has 6 rings (SSSR count). The maximum atomic E-state index is 13.1. The zero-order chi connectivity index (χ0) is 24.5. The Morgan fingerprint density at radius 2 is 2.03 bits per heavy atom. The fourth-order valence-corrected chi connectivity index (χ4v) is 5.14. The van der Waals surface area contributed by atoms with Crippen molar-refractivity contribution in [2.45, 2.75) is 45.1 Å². The molecule has 0 bridgehead atoms. The lowest BCUT2D eigenvalue weighted by Gasteiger charge is -2.25. The first-order valence-corrected chi connectivity index (χ1v) is 12.5. The van der Waals surface area contributed by atoms with Gasteiger partial charge in [0.05, 0.1) is 48.9 Å². The Hall–Kier alpha value is -3.62. The summed E-state index contributed by atoms with van der Waals surface area (Å²) in [6.07, 6.45) is 6.60. The van der Waals surface area contributed by atoms with Crippen molar-refractivity contribution in [3.05, 3.63) is 94.3 Å². The van der Waals surface area contributed by atoms with E-state index in [9.17, 15) is 4.79 Å². The minimum absolute atomic E-state index is 0.186. The Morgan fingerprint density at radius 1 is 1.14 bits per heavy atom. The maximum Gasteiger partial charge on any atom is 0.272 e. The number of hydrogen-bond acceptors (Lipinski definition) is 5. The van der Waals surface area contributed by atoms with E-state index >= 15 is 0 Å². The Morgan fingerprint density at radius 3 is 2.92 bits per heavy atom. The van der Waals surface area contributed by atoms with Crippen LogP contribution in [-0.4, -0.2) is 31.8 Å². The van der Waals surface area contributed by atoms with Crippen molar-refractivity contribution in [3.8, 4) is 11.4 Å². The monoisotopic (exact) mass is 503 g/mol. The molecular formula is C27H26ClN5O3. The van der Waals surface area contributed by atoms with Gasteiger partial charge < -0.3 is 19.4 Å². The van der Waals surface area contributed by atoms with Crippen LogP contribution in [0.25, 0.3) is 5.69 Å². The standard InChI is InChI=1S/C27H26ClN5O3/c28-25-21(10-6-11-24(25)36-14-18-7-2-1-3-8-18)33-23-16-35-15-20(19(23)13-30-33)31-27(34)26-22-9-4-5-12-32(22)17-29-26/h1-3,6-8,10-11,13,17,20H,4-5,9,12,14-16H2,(H,31,34)/t20-/m1/s1. The molecule has 2 aromatic heterocycles. The summed E-state index contributed by atoms with van der Waals surface area (Å²) in [7, 11) is 0. The van der Waals surface area contributed by atoms with Crippen LogP contribution in [0, 0.1) is 0 Å². The van der Waals surface area contributed by atoms with Crippen LogP contribution in [0.5, 0.6) is 5.75 Å². The number of aryl methyl sites for hydroxylation is 1. The molecule has 0 fully saturated rings. The number of ether oxygens (including phenoxy) is 2. The second-order valence-corrected chi connectivity index (χ2v) is 9.43. The van der Waals surface area contributed by atoms with Gasteiger partial charge in [0.2, 0.25) is 0 Å².